The first-order valence-electron chi connectivity index (χ1n) is 4.97. The Hall–Kier alpha value is -0.160. The summed E-state index contributed by atoms with van der Waals surface area (Å²) in [5.41, 5.74) is 0. The van der Waals surface area contributed by atoms with Gasteiger partial charge in [0, 0.05) is 13.1 Å². The van der Waals surface area contributed by atoms with E-state index in [4.69, 9.17) is 14.6 Å². The lowest BCUT2D eigenvalue weighted by Gasteiger charge is -2.30. The van der Waals surface area contributed by atoms with Gasteiger partial charge in [-0.15, -0.1) is 0 Å². The van der Waals surface area contributed by atoms with Gasteiger partial charge in [-0.05, 0) is 13.0 Å². The molecule has 0 aromatic rings. The van der Waals surface area contributed by atoms with E-state index < -0.39 is 0 Å². The molecule has 0 aromatic carbocycles. The lowest BCUT2D eigenvalue weighted by Crippen LogP contribution is -2.44. The van der Waals surface area contributed by atoms with Crippen molar-refractivity contribution in [3.8, 4) is 0 Å². The Labute approximate surface area is 78.4 Å². The van der Waals surface area contributed by atoms with Gasteiger partial charge >= 0.3 is 0 Å². The number of fused-ring (bicyclic) bond motifs is 2. The lowest BCUT2D eigenvalue weighted by molar-refractivity contribution is -0.111. The van der Waals surface area contributed by atoms with E-state index >= 15 is 0 Å². The highest BCUT2D eigenvalue weighted by Gasteiger charge is 2.41. The van der Waals surface area contributed by atoms with E-state index in [9.17, 15) is 0 Å². The zero-order valence-electron chi connectivity index (χ0n) is 7.98. The Morgan fingerprint density at radius 1 is 1.38 bits per heavy atom. The van der Waals surface area contributed by atoms with Crippen LogP contribution in [0.5, 0.6) is 0 Å². The molecule has 3 atom stereocenters. The van der Waals surface area contributed by atoms with Gasteiger partial charge in [0.25, 0.3) is 0 Å². The molecule has 2 saturated heterocycles. The zero-order chi connectivity index (χ0) is 9.26. The van der Waals surface area contributed by atoms with Crippen molar-refractivity contribution in [2.45, 2.75) is 31.8 Å². The molecule has 0 unspecified atom stereocenters. The molecule has 4 heteroatoms. The van der Waals surface area contributed by atoms with Crippen LogP contribution in [0.3, 0.4) is 0 Å². The summed E-state index contributed by atoms with van der Waals surface area (Å²) in [5, 5.41) is 9.01. The quantitative estimate of drug-likeness (QED) is 0.665. The molecule has 2 fully saturated rings. The third-order valence-electron chi connectivity index (χ3n) is 2.63. The second-order valence-electron chi connectivity index (χ2n) is 3.72. The molecule has 76 valence electrons. The van der Waals surface area contributed by atoms with E-state index in [1.165, 1.54) is 0 Å². The normalized spacial score (nSPS) is 39.7. The topological polar surface area (TPSA) is 41.9 Å². The monoisotopic (exact) mass is 187 g/mol. The van der Waals surface area contributed by atoms with Crippen molar-refractivity contribution in [2.24, 2.45) is 0 Å². The summed E-state index contributed by atoms with van der Waals surface area (Å²) in [7, 11) is 0. The second kappa shape index (κ2) is 3.92. The molecule has 0 aromatic heterocycles. The highest BCUT2D eigenvalue weighted by Crippen LogP contribution is 2.25. The highest BCUT2D eigenvalue weighted by atomic mass is 16.7. The smallest absolute Gasteiger partial charge is 0.171 e. The van der Waals surface area contributed by atoms with Gasteiger partial charge in [-0.1, -0.05) is 6.92 Å². The molecule has 1 N–H and O–H groups in total. The van der Waals surface area contributed by atoms with Gasteiger partial charge in [0.05, 0.1) is 6.61 Å². The molecule has 4 nitrogen and oxygen atoms in total. The minimum atomic E-state index is -0.109. The molecule has 0 aliphatic carbocycles. The number of ether oxygens (including phenoxy) is 2. The maximum absolute atomic E-state index is 9.01. The molecular weight excluding hydrogens is 170 g/mol. The van der Waals surface area contributed by atoms with Gasteiger partial charge < -0.3 is 14.6 Å². The van der Waals surface area contributed by atoms with Crippen LogP contribution in [0.15, 0.2) is 0 Å². The first kappa shape index (κ1) is 9.40. The van der Waals surface area contributed by atoms with Crippen molar-refractivity contribution in [1.29, 1.82) is 0 Å². The van der Waals surface area contributed by atoms with E-state index in [1.54, 1.807) is 0 Å². The molecule has 2 heterocycles. The minimum absolute atomic E-state index is 0.0706. The maximum Gasteiger partial charge on any atom is 0.171 e. The molecule has 13 heavy (non-hydrogen) atoms. The van der Waals surface area contributed by atoms with Crippen molar-refractivity contribution in [3.63, 3.8) is 0 Å². The maximum atomic E-state index is 9.01. The van der Waals surface area contributed by atoms with Gasteiger partial charge in [0.2, 0.25) is 0 Å². The van der Waals surface area contributed by atoms with Crippen LogP contribution in [0.1, 0.15) is 13.3 Å². The summed E-state index contributed by atoms with van der Waals surface area (Å²) in [6.45, 7) is 5.08. The Bertz CT molecular complexity index is 176. The van der Waals surface area contributed by atoms with E-state index in [2.05, 4.69) is 11.8 Å². The number of morpholine rings is 1. The fourth-order valence-corrected chi connectivity index (χ4v) is 2.04. The summed E-state index contributed by atoms with van der Waals surface area (Å²) in [5.74, 6) is 0. The van der Waals surface area contributed by atoms with Gasteiger partial charge in [-0.25, -0.2) is 0 Å². The molecule has 0 radical (unpaired) electrons. The van der Waals surface area contributed by atoms with E-state index in [-0.39, 0.29) is 25.1 Å². The first-order valence-corrected chi connectivity index (χ1v) is 4.97. The van der Waals surface area contributed by atoms with Gasteiger partial charge in [0.1, 0.15) is 12.2 Å². The number of rotatable bonds is 3. The van der Waals surface area contributed by atoms with Crippen molar-refractivity contribution in [2.75, 3.05) is 26.2 Å². The standard InChI is InChI=1S/C9H17NO3/c1-2-3-10-4-7-8(6-11)13-9(5-10)12-7/h7-9,11H,2-6H2,1H3/t7-,8+,9-/m0/s1. The molecule has 2 bridgehead atoms. The fourth-order valence-electron chi connectivity index (χ4n) is 2.04. The van der Waals surface area contributed by atoms with Gasteiger partial charge in [0.15, 0.2) is 6.29 Å². The number of hydrogen-bond donors (Lipinski definition) is 1. The first-order chi connectivity index (χ1) is 6.33. The fraction of sp³-hybridized carbons (Fsp3) is 1.00. The SMILES string of the molecule is CCCN1C[C@H]2O[C@@H](C1)[C@@H](CO)O2. The Balaban J connectivity index is 1.91. The van der Waals surface area contributed by atoms with Crippen molar-refractivity contribution in [1.82, 2.24) is 4.90 Å². The molecule has 0 amide bonds. The van der Waals surface area contributed by atoms with Crippen molar-refractivity contribution in [3.05, 3.63) is 0 Å². The van der Waals surface area contributed by atoms with E-state index in [1.807, 2.05) is 0 Å². The summed E-state index contributed by atoms with van der Waals surface area (Å²) in [4.78, 5) is 2.34. The van der Waals surface area contributed by atoms with Crippen molar-refractivity contribution >= 4 is 0 Å². The van der Waals surface area contributed by atoms with Crippen LogP contribution in [0.2, 0.25) is 0 Å². The molecule has 0 saturated carbocycles. The Morgan fingerprint density at radius 3 is 2.92 bits per heavy atom. The average molecular weight is 187 g/mol. The largest absolute Gasteiger partial charge is 0.394 e. The second-order valence-corrected chi connectivity index (χ2v) is 3.72. The molecule has 0 spiro atoms. The summed E-state index contributed by atoms with van der Waals surface area (Å²) in [6.07, 6.45) is 1.02. The van der Waals surface area contributed by atoms with Gasteiger partial charge in [-0.3, -0.25) is 4.90 Å². The molecular formula is C9H17NO3. The van der Waals surface area contributed by atoms with Crippen molar-refractivity contribution < 1.29 is 14.6 Å². The Kier molecular flexibility index (Phi) is 2.83. The van der Waals surface area contributed by atoms with Crippen LogP contribution in [0, 0.1) is 0 Å². The van der Waals surface area contributed by atoms with E-state index in [0.29, 0.717) is 0 Å². The van der Waals surface area contributed by atoms with Crippen LogP contribution in [-0.4, -0.2) is 54.7 Å². The lowest BCUT2D eigenvalue weighted by atomic mass is 10.2. The molecule has 2 aliphatic heterocycles. The zero-order valence-corrected chi connectivity index (χ0v) is 7.98. The molecule has 2 aliphatic rings. The number of aliphatic hydroxyl groups excluding tert-OH is 1. The van der Waals surface area contributed by atoms with Crippen LogP contribution in [0.25, 0.3) is 0 Å². The van der Waals surface area contributed by atoms with E-state index in [0.717, 1.165) is 26.1 Å². The van der Waals surface area contributed by atoms with Crippen LogP contribution >= 0.6 is 0 Å². The predicted molar refractivity (Wildman–Crippen MR) is 47.4 cm³/mol. The summed E-state index contributed by atoms with van der Waals surface area (Å²) < 4.78 is 11.1. The van der Waals surface area contributed by atoms with Crippen LogP contribution < -0.4 is 0 Å². The summed E-state index contributed by atoms with van der Waals surface area (Å²) in [6, 6.07) is 0. The third kappa shape index (κ3) is 1.86. The van der Waals surface area contributed by atoms with Crippen LogP contribution in [0.4, 0.5) is 0 Å². The predicted octanol–water partition coefficient (Wildman–Crippen LogP) is -0.186. The number of hydrogen-bond acceptors (Lipinski definition) is 4. The Morgan fingerprint density at radius 2 is 2.23 bits per heavy atom. The highest BCUT2D eigenvalue weighted by molar-refractivity contribution is 4.85. The number of aliphatic hydroxyl groups is 1. The van der Waals surface area contributed by atoms with Gasteiger partial charge in [-0.2, -0.15) is 0 Å². The third-order valence-corrected chi connectivity index (χ3v) is 2.63. The average Bonchev–Trinajstić information content (AvgIpc) is 2.41. The number of nitrogens with zero attached hydrogens (tertiary/aromatic N) is 1. The minimum Gasteiger partial charge on any atom is -0.394 e. The molecule has 2 rings (SSSR count). The summed E-state index contributed by atoms with van der Waals surface area (Å²) >= 11 is 0. The van der Waals surface area contributed by atoms with Crippen LogP contribution in [-0.2, 0) is 9.47 Å².